The van der Waals surface area contributed by atoms with Gasteiger partial charge in [-0.1, -0.05) is 31.9 Å². The highest BCUT2D eigenvalue weighted by Gasteiger charge is 2.16. The van der Waals surface area contributed by atoms with Crippen molar-refractivity contribution >= 4 is 35.8 Å². The van der Waals surface area contributed by atoms with E-state index in [1.165, 1.54) is 12.8 Å². The van der Waals surface area contributed by atoms with Crippen LogP contribution in [0.5, 0.6) is 0 Å². The Morgan fingerprint density at radius 3 is 2.81 bits per heavy atom. The van der Waals surface area contributed by atoms with Crippen LogP contribution in [0.1, 0.15) is 54.9 Å². The number of ether oxygens (including phenoxy) is 1. The van der Waals surface area contributed by atoms with Gasteiger partial charge in [-0.3, -0.25) is 9.79 Å². The zero-order valence-corrected chi connectivity index (χ0v) is 18.8. The molecule has 0 spiro atoms. The highest BCUT2D eigenvalue weighted by molar-refractivity contribution is 14.0. The zero-order valence-electron chi connectivity index (χ0n) is 16.4. The molecule has 1 amide bonds. The van der Waals surface area contributed by atoms with Gasteiger partial charge >= 0.3 is 0 Å². The summed E-state index contributed by atoms with van der Waals surface area (Å²) in [5, 5.41) is 9.57. The molecule has 0 saturated carbocycles. The molecule has 0 aromatic heterocycles. The van der Waals surface area contributed by atoms with E-state index in [1.807, 2.05) is 24.3 Å². The smallest absolute Gasteiger partial charge is 0.251 e. The number of rotatable bonds is 9. The fourth-order valence-corrected chi connectivity index (χ4v) is 2.92. The maximum atomic E-state index is 12.3. The molecule has 0 aliphatic carbocycles. The zero-order chi connectivity index (χ0) is 18.6. The largest absolute Gasteiger partial charge is 0.376 e. The van der Waals surface area contributed by atoms with Crippen LogP contribution in [-0.2, 0) is 11.3 Å². The van der Waals surface area contributed by atoms with Gasteiger partial charge in [-0.15, -0.1) is 24.0 Å². The maximum absolute atomic E-state index is 12.3. The van der Waals surface area contributed by atoms with E-state index in [-0.39, 0.29) is 36.0 Å². The number of aliphatic imine (C=N–C) groups is 1. The second-order valence-corrected chi connectivity index (χ2v) is 6.61. The molecule has 0 bridgehead atoms. The number of hydrogen-bond donors (Lipinski definition) is 3. The second-order valence-electron chi connectivity index (χ2n) is 6.61. The van der Waals surface area contributed by atoms with Gasteiger partial charge < -0.3 is 20.7 Å². The number of hydrogen-bond acceptors (Lipinski definition) is 3. The Labute approximate surface area is 179 Å². The number of nitrogens with zero attached hydrogens (tertiary/aromatic N) is 1. The predicted octanol–water partition coefficient (Wildman–Crippen LogP) is 3.07. The number of nitrogens with one attached hydrogen (secondary N) is 3. The summed E-state index contributed by atoms with van der Waals surface area (Å²) in [6.07, 6.45) is 5.82. The van der Waals surface area contributed by atoms with Crippen molar-refractivity contribution < 1.29 is 9.53 Å². The molecule has 1 aliphatic heterocycles. The number of carbonyl (C=O) groups excluding carboxylic acids is 1. The van der Waals surface area contributed by atoms with Crippen molar-refractivity contribution in [2.75, 3.05) is 26.7 Å². The van der Waals surface area contributed by atoms with Crippen molar-refractivity contribution in [3.05, 3.63) is 35.4 Å². The average Bonchev–Trinajstić information content (AvgIpc) is 3.19. The lowest BCUT2D eigenvalue weighted by Crippen LogP contribution is -2.37. The van der Waals surface area contributed by atoms with Crippen LogP contribution in [0.25, 0.3) is 0 Å². The molecule has 152 valence electrons. The van der Waals surface area contributed by atoms with Crippen LogP contribution in [0.15, 0.2) is 29.3 Å². The number of carbonyl (C=O) groups is 1. The van der Waals surface area contributed by atoms with Crippen molar-refractivity contribution in [3.63, 3.8) is 0 Å². The quantitative estimate of drug-likeness (QED) is 0.216. The molecule has 1 aromatic rings. The lowest BCUT2D eigenvalue weighted by Gasteiger charge is -2.13. The molecule has 2 rings (SSSR count). The van der Waals surface area contributed by atoms with E-state index >= 15 is 0 Å². The molecule has 1 atom stereocenters. The summed E-state index contributed by atoms with van der Waals surface area (Å²) in [6.45, 7) is 5.11. The number of benzene rings is 1. The molecule has 1 aliphatic rings. The molecule has 6 nitrogen and oxygen atoms in total. The van der Waals surface area contributed by atoms with E-state index in [0.717, 1.165) is 43.9 Å². The third-order valence-electron chi connectivity index (χ3n) is 4.46. The molecule has 1 heterocycles. The van der Waals surface area contributed by atoms with Crippen LogP contribution >= 0.6 is 24.0 Å². The SMILES string of the molecule is CCCCCNC(=NC)NCc1cccc(C(=O)NCC2CCCO2)c1.I. The van der Waals surface area contributed by atoms with Gasteiger partial charge in [0.25, 0.3) is 5.91 Å². The Kier molecular flexibility index (Phi) is 12.1. The van der Waals surface area contributed by atoms with Crippen LogP contribution in [0.2, 0.25) is 0 Å². The van der Waals surface area contributed by atoms with Crippen molar-refractivity contribution in [3.8, 4) is 0 Å². The number of unbranched alkanes of at least 4 members (excludes halogenated alkanes) is 2. The monoisotopic (exact) mass is 488 g/mol. The van der Waals surface area contributed by atoms with E-state index in [1.54, 1.807) is 7.05 Å². The summed E-state index contributed by atoms with van der Waals surface area (Å²) in [5.74, 6) is 0.735. The van der Waals surface area contributed by atoms with Crippen LogP contribution in [0.4, 0.5) is 0 Å². The molecule has 1 saturated heterocycles. The maximum Gasteiger partial charge on any atom is 0.251 e. The highest BCUT2D eigenvalue weighted by Crippen LogP contribution is 2.11. The van der Waals surface area contributed by atoms with Gasteiger partial charge in [-0.25, -0.2) is 0 Å². The summed E-state index contributed by atoms with van der Waals surface area (Å²) in [5.41, 5.74) is 1.72. The Balaban J connectivity index is 0.00000364. The summed E-state index contributed by atoms with van der Waals surface area (Å²) in [4.78, 5) is 16.6. The van der Waals surface area contributed by atoms with Crippen molar-refractivity contribution in [2.45, 2.75) is 51.7 Å². The van der Waals surface area contributed by atoms with Gasteiger partial charge in [0.15, 0.2) is 5.96 Å². The van der Waals surface area contributed by atoms with Gasteiger partial charge in [0.05, 0.1) is 6.10 Å². The first kappa shape index (κ1) is 23.7. The van der Waals surface area contributed by atoms with Crippen LogP contribution in [0, 0.1) is 0 Å². The van der Waals surface area contributed by atoms with Gasteiger partial charge in [-0.2, -0.15) is 0 Å². The van der Waals surface area contributed by atoms with E-state index < -0.39 is 0 Å². The Morgan fingerprint density at radius 2 is 2.11 bits per heavy atom. The van der Waals surface area contributed by atoms with Crippen molar-refractivity contribution in [1.82, 2.24) is 16.0 Å². The van der Waals surface area contributed by atoms with Crippen LogP contribution < -0.4 is 16.0 Å². The van der Waals surface area contributed by atoms with Crippen molar-refractivity contribution in [1.29, 1.82) is 0 Å². The average molecular weight is 488 g/mol. The molecule has 1 fully saturated rings. The van der Waals surface area contributed by atoms with Crippen LogP contribution in [-0.4, -0.2) is 44.7 Å². The van der Waals surface area contributed by atoms with E-state index in [0.29, 0.717) is 18.7 Å². The Bertz CT molecular complexity index is 589. The van der Waals surface area contributed by atoms with Gasteiger partial charge in [0, 0.05) is 38.9 Å². The standard InChI is InChI=1S/C20H32N4O2.HI/c1-3-4-5-11-22-20(21-2)24-14-16-8-6-9-17(13-16)19(25)23-15-18-10-7-12-26-18;/h6,8-9,13,18H,3-5,7,10-12,14-15H2,1-2H3,(H,23,25)(H2,21,22,24);1H. The molecule has 1 unspecified atom stereocenters. The molecule has 3 N–H and O–H groups in total. The Hall–Kier alpha value is -1.35. The minimum absolute atomic E-state index is 0. The lowest BCUT2D eigenvalue weighted by molar-refractivity contribution is 0.0857. The lowest BCUT2D eigenvalue weighted by atomic mass is 10.1. The van der Waals surface area contributed by atoms with Gasteiger partial charge in [0.1, 0.15) is 0 Å². The van der Waals surface area contributed by atoms with E-state index in [4.69, 9.17) is 4.74 Å². The highest BCUT2D eigenvalue weighted by atomic mass is 127. The fourth-order valence-electron chi connectivity index (χ4n) is 2.92. The molecular formula is C20H33IN4O2. The Morgan fingerprint density at radius 1 is 1.26 bits per heavy atom. The normalized spacial score (nSPS) is 16.5. The second kappa shape index (κ2) is 13.8. The van der Waals surface area contributed by atoms with E-state index in [2.05, 4.69) is 27.9 Å². The minimum Gasteiger partial charge on any atom is -0.376 e. The summed E-state index contributed by atoms with van der Waals surface area (Å²) >= 11 is 0. The first-order valence-corrected chi connectivity index (χ1v) is 9.66. The summed E-state index contributed by atoms with van der Waals surface area (Å²) in [6, 6.07) is 7.68. The summed E-state index contributed by atoms with van der Waals surface area (Å²) < 4.78 is 5.54. The van der Waals surface area contributed by atoms with E-state index in [9.17, 15) is 4.79 Å². The third-order valence-corrected chi connectivity index (χ3v) is 4.46. The number of amides is 1. The number of halogens is 1. The first-order chi connectivity index (χ1) is 12.7. The van der Waals surface area contributed by atoms with Gasteiger partial charge in [-0.05, 0) is 37.0 Å². The van der Waals surface area contributed by atoms with Gasteiger partial charge in [0.2, 0.25) is 0 Å². The topological polar surface area (TPSA) is 74.8 Å². The third kappa shape index (κ3) is 8.92. The van der Waals surface area contributed by atoms with Crippen molar-refractivity contribution in [2.24, 2.45) is 4.99 Å². The molecule has 7 heteroatoms. The van der Waals surface area contributed by atoms with Crippen LogP contribution in [0.3, 0.4) is 0 Å². The molecule has 0 radical (unpaired) electrons. The first-order valence-electron chi connectivity index (χ1n) is 9.66. The minimum atomic E-state index is -0.0515. The number of guanidine groups is 1. The molecular weight excluding hydrogens is 455 g/mol. The summed E-state index contributed by atoms with van der Waals surface area (Å²) in [7, 11) is 1.77. The predicted molar refractivity (Wildman–Crippen MR) is 121 cm³/mol. The fraction of sp³-hybridized carbons (Fsp3) is 0.600. The molecule has 1 aromatic carbocycles. The molecule has 27 heavy (non-hydrogen) atoms.